The molecule has 0 aliphatic carbocycles. The Bertz CT molecular complexity index is 391. The number of pyridine rings is 1. The monoisotopic (exact) mass is 224 g/mol. The number of carboxylic acid groups (broad SMARTS) is 1. The van der Waals surface area contributed by atoms with E-state index >= 15 is 0 Å². The largest absolute Gasteiger partial charge is 0.478 e. The number of hydrogen-bond acceptors (Lipinski definition) is 4. The first-order valence-electron chi connectivity index (χ1n) is 4.93. The standard InChI is InChI=1S/C11H16N2O3/c1-11(2,7-14)13(3)9-8(10(15)16)5-4-6-12-9/h4-6,14H,7H2,1-3H3,(H,15,16). The van der Waals surface area contributed by atoms with Crippen molar-refractivity contribution in [3.8, 4) is 0 Å². The van der Waals surface area contributed by atoms with Crippen LogP contribution >= 0.6 is 0 Å². The third kappa shape index (κ3) is 2.30. The number of carboxylic acids is 1. The second-order valence-corrected chi connectivity index (χ2v) is 4.21. The van der Waals surface area contributed by atoms with Crippen LogP contribution in [0.2, 0.25) is 0 Å². The lowest BCUT2D eigenvalue weighted by molar-refractivity contribution is 0.0696. The highest BCUT2D eigenvalue weighted by Gasteiger charge is 2.26. The second-order valence-electron chi connectivity index (χ2n) is 4.21. The van der Waals surface area contributed by atoms with Gasteiger partial charge in [-0.05, 0) is 26.0 Å². The van der Waals surface area contributed by atoms with Crippen LogP contribution in [-0.2, 0) is 0 Å². The molecule has 1 aromatic rings. The van der Waals surface area contributed by atoms with E-state index in [0.717, 1.165) is 0 Å². The van der Waals surface area contributed by atoms with Crippen LogP contribution in [0, 0.1) is 0 Å². The van der Waals surface area contributed by atoms with Crippen LogP contribution in [0.25, 0.3) is 0 Å². The first-order chi connectivity index (χ1) is 7.40. The van der Waals surface area contributed by atoms with Gasteiger partial charge in [0, 0.05) is 13.2 Å². The molecule has 0 radical (unpaired) electrons. The lowest BCUT2D eigenvalue weighted by Crippen LogP contribution is -2.45. The minimum absolute atomic E-state index is 0.0842. The Balaban J connectivity index is 3.18. The molecule has 2 N–H and O–H groups in total. The molecule has 0 aliphatic heterocycles. The molecular formula is C11H16N2O3. The van der Waals surface area contributed by atoms with Gasteiger partial charge in [0.2, 0.25) is 0 Å². The van der Waals surface area contributed by atoms with Crippen LogP contribution in [0.1, 0.15) is 24.2 Å². The van der Waals surface area contributed by atoms with Gasteiger partial charge in [-0.1, -0.05) is 0 Å². The highest BCUT2D eigenvalue weighted by molar-refractivity contribution is 5.93. The normalized spacial score (nSPS) is 11.2. The van der Waals surface area contributed by atoms with E-state index in [1.54, 1.807) is 18.0 Å². The van der Waals surface area contributed by atoms with E-state index in [1.807, 2.05) is 13.8 Å². The van der Waals surface area contributed by atoms with Crippen LogP contribution < -0.4 is 4.90 Å². The van der Waals surface area contributed by atoms with Crippen molar-refractivity contribution in [3.05, 3.63) is 23.9 Å². The van der Waals surface area contributed by atoms with Gasteiger partial charge in [-0.25, -0.2) is 9.78 Å². The number of carbonyl (C=O) groups is 1. The Morgan fingerprint density at radius 1 is 1.56 bits per heavy atom. The van der Waals surface area contributed by atoms with Gasteiger partial charge in [0.1, 0.15) is 11.4 Å². The van der Waals surface area contributed by atoms with E-state index in [1.165, 1.54) is 12.3 Å². The Morgan fingerprint density at radius 3 is 2.69 bits per heavy atom. The van der Waals surface area contributed by atoms with Crippen LogP contribution in [-0.4, -0.2) is 40.4 Å². The number of nitrogens with zero attached hydrogens (tertiary/aromatic N) is 2. The summed E-state index contributed by atoms with van der Waals surface area (Å²) in [6.45, 7) is 3.54. The van der Waals surface area contributed by atoms with Gasteiger partial charge in [0.05, 0.1) is 12.1 Å². The number of anilines is 1. The molecular weight excluding hydrogens is 208 g/mol. The highest BCUT2D eigenvalue weighted by Crippen LogP contribution is 2.23. The molecule has 0 aromatic carbocycles. The smallest absolute Gasteiger partial charge is 0.339 e. The average Bonchev–Trinajstić information content (AvgIpc) is 2.28. The molecule has 0 saturated heterocycles. The third-order valence-corrected chi connectivity index (χ3v) is 2.63. The van der Waals surface area contributed by atoms with Crippen molar-refractivity contribution in [2.75, 3.05) is 18.6 Å². The maximum atomic E-state index is 11.0. The number of aliphatic hydroxyl groups excluding tert-OH is 1. The summed E-state index contributed by atoms with van der Waals surface area (Å²) in [5.74, 6) is -0.669. The minimum Gasteiger partial charge on any atom is -0.478 e. The van der Waals surface area contributed by atoms with Gasteiger partial charge in [0.25, 0.3) is 0 Å². The van der Waals surface area contributed by atoms with Crippen molar-refractivity contribution < 1.29 is 15.0 Å². The van der Waals surface area contributed by atoms with Gasteiger partial charge >= 0.3 is 5.97 Å². The summed E-state index contributed by atoms with van der Waals surface area (Å²) in [7, 11) is 1.71. The summed E-state index contributed by atoms with van der Waals surface area (Å²) in [6.07, 6.45) is 1.53. The molecule has 1 rings (SSSR count). The Labute approximate surface area is 94.4 Å². The predicted octanol–water partition coefficient (Wildman–Crippen LogP) is 0.987. The fourth-order valence-corrected chi connectivity index (χ4v) is 1.22. The van der Waals surface area contributed by atoms with E-state index in [9.17, 15) is 9.90 Å². The summed E-state index contributed by atoms with van der Waals surface area (Å²) < 4.78 is 0. The van der Waals surface area contributed by atoms with Crippen molar-refractivity contribution >= 4 is 11.8 Å². The van der Waals surface area contributed by atoms with Gasteiger partial charge in [-0.2, -0.15) is 0 Å². The van der Waals surface area contributed by atoms with Crippen LogP contribution in [0.15, 0.2) is 18.3 Å². The molecule has 1 aromatic heterocycles. The summed E-state index contributed by atoms with van der Waals surface area (Å²) in [4.78, 5) is 16.7. The van der Waals surface area contributed by atoms with Crippen LogP contribution in [0.4, 0.5) is 5.82 Å². The van der Waals surface area contributed by atoms with Gasteiger partial charge < -0.3 is 15.1 Å². The van der Waals surface area contributed by atoms with Crippen LogP contribution in [0.3, 0.4) is 0 Å². The molecule has 5 heteroatoms. The van der Waals surface area contributed by atoms with E-state index < -0.39 is 11.5 Å². The second kappa shape index (κ2) is 4.49. The summed E-state index contributed by atoms with van der Waals surface area (Å²) in [6, 6.07) is 3.07. The zero-order valence-electron chi connectivity index (χ0n) is 9.64. The quantitative estimate of drug-likeness (QED) is 0.797. The average molecular weight is 224 g/mol. The maximum Gasteiger partial charge on any atom is 0.339 e. The number of aromatic nitrogens is 1. The first-order valence-corrected chi connectivity index (χ1v) is 4.93. The number of aromatic carboxylic acids is 1. The lowest BCUT2D eigenvalue weighted by atomic mass is 10.0. The van der Waals surface area contributed by atoms with Crippen molar-refractivity contribution in [2.45, 2.75) is 19.4 Å². The minimum atomic E-state index is -1.02. The fraction of sp³-hybridized carbons (Fsp3) is 0.455. The van der Waals surface area contributed by atoms with Crippen LogP contribution in [0.5, 0.6) is 0 Å². The van der Waals surface area contributed by atoms with Crippen molar-refractivity contribution in [1.29, 1.82) is 0 Å². The Morgan fingerprint density at radius 2 is 2.19 bits per heavy atom. The van der Waals surface area contributed by atoms with Crippen molar-refractivity contribution in [3.63, 3.8) is 0 Å². The molecule has 5 nitrogen and oxygen atoms in total. The first kappa shape index (κ1) is 12.4. The third-order valence-electron chi connectivity index (χ3n) is 2.63. The number of likely N-dealkylation sites (N-methyl/N-ethyl adjacent to an activating group) is 1. The summed E-state index contributed by atoms with van der Waals surface area (Å²) in [5.41, 5.74) is -0.426. The zero-order valence-corrected chi connectivity index (χ0v) is 9.64. The molecule has 0 atom stereocenters. The molecule has 0 spiro atoms. The molecule has 16 heavy (non-hydrogen) atoms. The van der Waals surface area contributed by atoms with Crippen molar-refractivity contribution in [2.24, 2.45) is 0 Å². The molecule has 0 saturated carbocycles. The van der Waals surface area contributed by atoms with E-state index in [0.29, 0.717) is 5.82 Å². The summed E-state index contributed by atoms with van der Waals surface area (Å²) >= 11 is 0. The van der Waals surface area contributed by atoms with E-state index in [4.69, 9.17) is 5.11 Å². The summed E-state index contributed by atoms with van der Waals surface area (Å²) in [5, 5.41) is 18.3. The van der Waals surface area contributed by atoms with E-state index in [2.05, 4.69) is 4.98 Å². The number of rotatable bonds is 4. The Kier molecular flexibility index (Phi) is 3.49. The molecule has 0 fully saturated rings. The molecule has 1 heterocycles. The molecule has 0 amide bonds. The van der Waals surface area contributed by atoms with Gasteiger partial charge in [-0.3, -0.25) is 0 Å². The number of hydrogen-bond donors (Lipinski definition) is 2. The van der Waals surface area contributed by atoms with Gasteiger partial charge in [0.15, 0.2) is 0 Å². The molecule has 0 aliphatic rings. The fourth-order valence-electron chi connectivity index (χ4n) is 1.22. The highest BCUT2D eigenvalue weighted by atomic mass is 16.4. The predicted molar refractivity (Wildman–Crippen MR) is 60.8 cm³/mol. The molecule has 0 unspecified atom stereocenters. The zero-order chi connectivity index (χ0) is 12.3. The van der Waals surface area contributed by atoms with Crippen molar-refractivity contribution in [1.82, 2.24) is 4.98 Å². The number of aliphatic hydroxyl groups is 1. The maximum absolute atomic E-state index is 11.0. The lowest BCUT2D eigenvalue weighted by Gasteiger charge is -2.35. The molecule has 88 valence electrons. The Hall–Kier alpha value is -1.62. The van der Waals surface area contributed by atoms with E-state index in [-0.39, 0.29) is 12.2 Å². The van der Waals surface area contributed by atoms with Gasteiger partial charge in [-0.15, -0.1) is 0 Å². The molecule has 0 bridgehead atoms. The SMILES string of the molecule is CN(c1ncccc1C(=O)O)C(C)(C)CO. The topological polar surface area (TPSA) is 73.7 Å².